The lowest BCUT2D eigenvalue weighted by Crippen LogP contribution is -2.13. The summed E-state index contributed by atoms with van der Waals surface area (Å²) in [6.07, 6.45) is -0.167. The lowest BCUT2D eigenvalue weighted by Gasteiger charge is -2.03. The summed E-state index contributed by atoms with van der Waals surface area (Å²) in [6.45, 7) is 0. The molecule has 1 aromatic heterocycles. The predicted octanol–water partition coefficient (Wildman–Crippen LogP) is 1.36. The molecule has 0 saturated carbocycles. The molecule has 1 aromatic rings. The molecular formula is C7H8FNO2S. The first kappa shape index (κ1) is 9.15. The fourth-order valence-corrected chi connectivity index (χ4v) is 1.55. The summed E-state index contributed by atoms with van der Waals surface area (Å²) >= 11 is 0.883. The summed E-state index contributed by atoms with van der Waals surface area (Å²) in [5.74, 6) is -0.976. The van der Waals surface area contributed by atoms with Gasteiger partial charge in [-0.2, -0.15) is 4.39 Å². The standard InChI is InChI=1S/C7H8FNO2S/c8-6-2-1-5(12-6)4(9)3-7(10)11/h1-2,4H,3,9H2,(H,10,11)/t4-/m1/s1. The minimum Gasteiger partial charge on any atom is -0.481 e. The molecule has 0 aliphatic carbocycles. The van der Waals surface area contributed by atoms with Crippen molar-refractivity contribution >= 4 is 17.3 Å². The lowest BCUT2D eigenvalue weighted by molar-refractivity contribution is -0.137. The molecule has 0 aromatic carbocycles. The van der Waals surface area contributed by atoms with E-state index in [4.69, 9.17) is 10.8 Å². The Labute approximate surface area is 72.6 Å². The van der Waals surface area contributed by atoms with E-state index in [2.05, 4.69) is 0 Å². The molecule has 0 aliphatic heterocycles. The van der Waals surface area contributed by atoms with Crippen molar-refractivity contribution in [3.05, 3.63) is 22.1 Å². The Hall–Kier alpha value is -0.940. The number of nitrogens with two attached hydrogens (primary N) is 1. The Morgan fingerprint density at radius 3 is 2.83 bits per heavy atom. The fourth-order valence-electron chi connectivity index (χ4n) is 0.816. The van der Waals surface area contributed by atoms with Crippen molar-refractivity contribution < 1.29 is 14.3 Å². The van der Waals surface area contributed by atoms with Gasteiger partial charge in [0.25, 0.3) is 0 Å². The predicted molar refractivity (Wildman–Crippen MR) is 43.5 cm³/mol. The Morgan fingerprint density at radius 2 is 2.42 bits per heavy atom. The number of carboxylic acid groups (broad SMARTS) is 1. The Morgan fingerprint density at radius 1 is 1.75 bits per heavy atom. The van der Waals surface area contributed by atoms with E-state index in [9.17, 15) is 9.18 Å². The monoisotopic (exact) mass is 189 g/mol. The lowest BCUT2D eigenvalue weighted by atomic mass is 10.2. The summed E-state index contributed by atoms with van der Waals surface area (Å²) in [7, 11) is 0. The van der Waals surface area contributed by atoms with E-state index >= 15 is 0 Å². The van der Waals surface area contributed by atoms with Gasteiger partial charge in [-0.25, -0.2) is 0 Å². The van der Waals surface area contributed by atoms with Crippen molar-refractivity contribution in [1.29, 1.82) is 0 Å². The second kappa shape index (κ2) is 3.64. The van der Waals surface area contributed by atoms with Gasteiger partial charge in [0.05, 0.1) is 6.42 Å². The van der Waals surface area contributed by atoms with E-state index in [1.165, 1.54) is 12.1 Å². The molecule has 0 unspecified atom stereocenters. The molecule has 0 aliphatic rings. The quantitative estimate of drug-likeness (QED) is 0.754. The molecule has 1 atom stereocenters. The van der Waals surface area contributed by atoms with Crippen molar-refractivity contribution in [2.45, 2.75) is 12.5 Å². The van der Waals surface area contributed by atoms with Gasteiger partial charge in [0.15, 0.2) is 5.13 Å². The second-order valence-electron chi connectivity index (χ2n) is 2.35. The van der Waals surface area contributed by atoms with Crippen LogP contribution in [0.4, 0.5) is 4.39 Å². The van der Waals surface area contributed by atoms with E-state index in [1.54, 1.807) is 0 Å². The van der Waals surface area contributed by atoms with Crippen LogP contribution >= 0.6 is 11.3 Å². The van der Waals surface area contributed by atoms with E-state index in [0.717, 1.165) is 11.3 Å². The van der Waals surface area contributed by atoms with Crippen LogP contribution in [0.5, 0.6) is 0 Å². The number of aliphatic carboxylic acids is 1. The number of carboxylic acids is 1. The first-order chi connectivity index (χ1) is 5.59. The highest BCUT2D eigenvalue weighted by Gasteiger charge is 2.12. The van der Waals surface area contributed by atoms with E-state index in [-0.39, 0.29) is 11.6 Å². The van der Waals surface area contributed by atoms with E-state index in [0.29, 0.717) is 4.88 Å². The molecule has 0 saturated heterocycles. The van der Waals surface area contributed by atoms with Crippen molar-refractivity contribution in [3.8, 4) is 0 Å². The fraction of sp³-hybridized carbons (Fsp3) is 0.286. The molecule has 3 N–H and O–H groups in total. The minimum atomic E-state index is -0.976. The zero-order valence-corrected chi connectivity index (χ0v) is 6.97. The maximum absolute atomic E-state index is 12.4. The average molecular weight is 189 g/mol. The zero-order chi connectivity index (χ0) is 9.14. The van der Waals surface area contributed by atoms with E-state index < -0.39 is 12.0 Å². The highest BCUT2D eigenvalue weighted by Crippen LogP contribution is 2.22. The molecule has 1 heterocycles. The SMILES string of the molecule is N[C@H](CC(=O)O)c1ccc(F)s1. The van der Waals surface area contributed by atoms with Gasteiger partial charge in [-0.05, 0) is 12.1 Å². The summed E-state index contributed by atoms with van der Waals surface area (Å²) in [5.41, 5.74) is 5.47. The molecule has 1 rings (SSSR count). The number of carbonyl (C=O) groups is 1. The van der Waals surface area contributed by atoms with Crippen molar-refractivity contribution in [2.75, 3.05) is 0 Å². The second-order valence-corrected chi connectivity index (χ2v) is 3.41. The summed E-state index contributed by atoms with van der Waals surface area (Å²) < 4.78 is 12.4. The van der Waals surface area contributed by atoms with Gasteiger partial charge in [0, 0.05) is 10.9 Å². The van der Waals surface area contributed by atoms with Crippen LogP contribution < -0.4 is 5.73 Å². The van der Waals surface area contributed by atoms with Crippen LogP contribution in [-0.4, -0.2) is 11.1 Å². The topological polar surface area (TPSA) is 63.3 Å². The van der Waals surface area contributed by atoms with Crippen LogP contribution in [0.15, 0.2) is 12.1 Å². The number of thiophene rings is 1. The van der Waals surface area contributed by atoms with Crippen LogP contribution in [0, 0.1) is 5.13 Å². The summed E-state index contributed by atoms with van der Waals surface area (Å²) in [5, 5.41) is 8.04. The third-order valence-corrected chi connectivity index (χ3v) is 2.36. The highest BCUT2D eigenvalue weighted by molar-refractivity contribution is 7.10. The van der Waals surface area contributed by atoms with Gasteiger partial charge in [-0.15, -0.1) is 11.3 Å². The maximum Gasteiger partial charge on any atom is 0.305 e. The number of halogens is 1. The van der Waals surface area contributed by atoms with Crippen LogP contribution in [-0.2, 0) is 4.79 Å². The first-order valence-electron chi connectivity index (χ1n) is 3.32. The molecule has 0 spiro atoms. The molecule has 0 fully saturated rings. The third kappa shape index (κ3) is 2.28. The Kier molecular flexibility index (Phi) is 2.78. The number of hydrogen-bond donors (Lipinski definition) is 2. The summed E-state index contributed by atoms with van der Waals surface area (Å²) in [4.78, 5) is 10.8. The first-order valence-corrected chi connectivity index (χ1v) is 4.14. The van der Waals surface area contributed by atoms with Gasteiger partial charge in [0.1, 0.15) is 0 Å². The molecule has 5 heteroatoms. The molecule has 66 valence electrons. The van der Waals surface area contributed by atoms with E-state index in [1.807, 2.05) is 0 Å². The van der Waals surface area contributed by atoms with Crippen molar-refractivity contribution in [1.82, 2.24) is 0 Å². The molecule has 0 radical (unpaired) electrons. The van der Waals surface area contributed by atoms with Gasteiger partial charge in [0.2, 0.25) is 0 Å². The van der Waals surface area contributed by atoms with Gasteiger partial charge >= 0.3 is 5.97 Å². The zero-order valence-electron chi connectivity index (χ0n) is 6.16. The van der Waals surface area contributed by atoms with Crippen LogP contribution in [0.3, 0.4) is 0 Å². The Balaban J connectivity index is 2.64. The number of rotatable bonds is 3. The highest BCUT2D eigenvalue weighted by atomic mass is 32.1. The van der Waals surface area contributed by atoms with Crippen LogP contribution in [0.25, 0.3) is 0 Å². The molecule has 0 amide bonds. The number of hydrogen-bond acceptors (Lipinski definition) is 3. The Bertz CT molecular complexity index is 287. The third-order valence-electron chi connectivity index (χ3n) is 1.35. The normalized spacial score (nSPS) is 12.8. The molecule has 12 heavy (non-hydrogen) atoms. The largest absolute Gasteiger partial charge is 0.481 e. The summed E-state index contributed by atoms with van der Waals surface area (Å²) in [6, 6.07) is 2.19. The van der Waals surface area contributed by atoms with Crippen molar-refractivity contribution in [2.24, 2.45) is 5.73 Å². The smallest absolute Gasteiger partial charge is 0.305 e. The van der Waals surface area contributed by atoms with Gasteiger partial charge < -0.3 is 10.8 Å². The van der Waals surface area contributed by atoms with Crippen LogP contribution in [0.2, 0.25) is 0 Å². The molecule has 0 bridgehead atoms. The molecular weight excluding hydrogens is 181 g/mol. The molecule has 3 nitrogen and oxygen atoms in total. The maximum atomic E-state index is 12.4. The van der Waals surface area contributed by atoms with Crippen LogP contribution in [0.1, 0.15) is 17.3 Å². The minimum absolute atomic E-state index is 0.167. The van der Waals surface area contributed by atoms with Gasteiger partial charge in [-0.3, -0.25) is 4.79 Å². The van der Waals surface area contributed by atoms with Gasteiger partial charge in [-0.1, -0.05) is 0 Å². The van der Waals surface area contributed by atoms with Crippen molar-refractivity contribution in [3.63, 3.8) is 0 Å². The average Bonchev–Trinajstić information content (AvgIpc) is 2.34.